The van der Waals surface area contributed by atoms with Crippen molar-refractivity contribution in [1.82, 2.24) is 4.90 Å². The van der Waals surface area contributed by atoms with Crippen molar-refractivity contribution in [3.63, 3.8) is 0 Å². The lowest BCUT2D eigenvalue weighted by Crippen LogP contribution is -2.62. The average molecular weight is 465 g/mol. The largest absolute Gasteiger partial charge is 0.506 e. The number of carbonyl (C=O) groups is 2. The van der Waals surface area contributed by atoms with Gasteiger partial charge in [-0.15, -0.1) is 0 Å². The number of benzene rings is 2. The van der Waals surface area contributed by atoms with Gasteiger partial charge in [-0.2, -0.15) is 0 Å². The lowest BCUT2D eigenvalue weighted by atomic mass is 10.2. The number of carboxylic acids is 2. The molecule has 6 N–H and O–H groups in total. The molecule has 0 aliphatic heterocycles. The molecule has 9 nitrogen and oxygen atoms in total. The standard InChI is InChI=1S/C17H16Cl3N3O6/c18-11-3-1-9(5-12(11)19)21-17(29,23(7-15(25)26)8-16(27)28)22-10-2-4-14(24)13(20)6-10/h1-6,21-22,24,29H,7-8H2,(H,25,26)(H,27,28). The second-order valence-electron chi connectivity index (χ2n) is 5.86. The molecule has 0 radical (unpaired) electrons. The van der Waals surface area contributed by atoms with E-state index in [0.29, 0.717) is 0 Å². The highest BCUT2D eigenvalue weighted by Gasteiger charge is 2.38. The highest BCUT2D eigenvalue weighted by molar-refractivity contribution is 6.42. The number of carboxylic acid groups (broad SMARTS) is 2. The molecule has 0 saturated heterocycles. The Morgan fingerprint density at radius 2 is 1.34 bits per heavy atom. The van der Waals surface area contributed by atoms with E-state index in [9.17, 15) is 19.8 Å². The van der Waals surface area contributed by atoms with Crippen molar-refractivity contribution < 1.29 is 30.0 Å². The number of hydrogen-bond donors (Lipinski definition) is 6. The summed E-state index contributed by atoms with van der Waals surface area (Å²) >= 11 is 17.7. The van der Waals surface area contributed by atoms with Crippen LogP contribution in [-0.2, 0) is 9.59 Å². The predicted molar refractivity (Wildman–Crippen MR) is 109 cm³/mol. The van der Waals surface area contributed by atoms with Crippen LogP contribution in [0.3, 0.4) is 0 Å². The van der Waals surface area contributed by atoms with Crippen LogP contribution in [0.4, 0.5) is 11.4 Å². The minimum Gasteiger partial charge on any atom is -0.506 e. The highest BCUT2D eigenvalue weighted by Crippen LogP contribution is 2.30. The van der Waals surface area contributed by atoms with E-state index in [4.69, 9.17) is 45.0 Å². The molecular weight excluding hydrogens is 449 g/mol. The van der Waals surface area contributed by atoms with Gasteiger partial charge in [0, 0.05) is 11.4 Å². The number of nitrogens with zero attached hydrogens (tertiary/aromatic N) is 1. The maximum Gasteiger partial charge on any atom is 0.317 e. The summed E-state index contributed by atoms with van der Waals surface area (Å²) in [6, 6.07) is 8.09. The summed E-state index contributed by atoms with van der Waals surface area (Å²) in [5.74, 6) is -5.39. The Bertz CT molecular complexity index is 858. The van der Waals surface area contributed by atoms with Gasteiger partial charge >= 0.3 is 11.9 Å². The van der Waals surface area contributed by atoms with E-state index in [1.54, 1.807) is 0 Å². The molecule has 0 aliphatic rings. The number of aromatic hydroxyl groups is 1. The summed E-state index contributed by atoms with van der Waals surface area (Å²) in [7, 11) is 0. The van der Waals surface area contributed by atoms with Gasteiger partial charge in [-0.1, -0.05) is 34.8 Å². The molecule has 2 aromatic carbocycles. The van der Waals surface area contributed by atoms with E-state index < -0.39 is 31.0 Å². The van der Waals surface area contributed by atoms with Crippen molar-refractivity contribution in [1.29, 1.82) is 0 Å². The third-order valence-corrected chi connectivity index (χ3v) is 4.66. The van der Waals surface area contributed by atoms with E-state index in [1.807, 2.05) is 0 Å². The van der Waals surface area contributed by atoms with Crippen molar-refractivity contribution in [3.05, 3.63) is 51.5 Å². The van der Waals surface area contributed by atoms with Crippen LogP contribution in [-0.4, -0.2) is 56.3 Å². The molecule has 0 amide bonds. The zero-order valence-electron chi connectivity index (χ0n) is 14.6. The number of aliphatic hydroxyl groups is 1. The summed E-state index contributed by atoms with van der Waals surface area (Å²) in [6.45, 7) is -1.67. The highest BCUT2D eigenvalue weighted by atomic mass is 35.5. The van der Waals surface area contributed by atoms with Gasteiger partial charge in [0.2, 0.25) is 0 Å². The maximum atomic E-state index is 11.2. The zero-order chi connectivity index (χ0) is 21.8. The molecule has 0 heterocycles. The van der Waals surface area contributed by atoms with Crippen LogP contribution in [0.2, 0.25) is 15.1 Å². The van der Waals surface area contributed by atoms with Crippen molar-refractivity contribution in [3.8, 4) is 5.75 Å². The Kier molecular flexibility index (Phi) is 7.39. The van der Waals surface area contributed by atoms with Crippen molar-refractivity contribution in [2.75, 3.05) is 23.7 Å². The Labute approximate surface area is 180 Å². The van der Waals surface area contributed by atoms with Crippen LogP contribution in [0, 0.1) is 0 Å². The predicted octanol–water partition coefficient (Wildman–Crippen LogP) is 2.95. The topological polar surface area (TPSA) is 142 Å². The van der Waals surface area contributed by atoms with Crippen molar-refractivity contribution >= 4 is 58.1 Å². The fourth-order valence-electron chi connectivity index (χ4n) is 2.36. The molecule has 12 heteroatoms. The van der Waals surface area contributed by atoms with Gasteiger partial charge in [0.05, 0.1) is 15.1 Å². The van der Waals surface area contributed by atoms with Crippen molar-refractivity contribution in [2.24, 2.45) is 0 Å². The fraction of sp³-hybridized carbons (Fsp3) is 0.176. The first-order chi connectivity index (χ1) is 13.5. The quantitative estimate of drug-likeness (QED) is 0.244. The number of hydrogen-bond acceptors (Lipinski definition) is 7. The number of phenolic OH excluding ortho intramolecular Hbond substituents is 1. The van der Waals surface area contributed by atoms with Gasteiger partial charge < -0.3 is 31.1 Å². The van der Waals surface area contributed by atoms with E-state index in [2.05, 4.69) is 10.6 Å². The summed E-state index contributed by atoms with van der Waals surface area (Å²) in [6.07, 6.45) is 0. The zero-order valence-corrected chi connectivity index (χ0v) is 16.8. The summed E-state index contributed by atoms with van der Waals surface area (Å²) < 4.78 is 0. The SMILES string of the molecule is O=C(O)CN(CC(=O)O)C(O)(Nc1ccc(O)c(Cl)c1)Nc1ccc(Cl)c(Cl)c1. The molecule has 1 unspecified atom stereocenters. The second kappa shape index (κ2) is 9.38. The molecule has 2 aromatic rings. The average Bonchev–Trinajstić information content (AvgIpc) is 2.60. The first-order valence-electron chi connectivity index (χ1n) is 7.91. The molecule has 0 spiro atoms. The van der Waals surface area contributed by atoms with Crippen molar-refractivity contribution in [2.45, 2.75) is 5.97 Å². The van der Waals surface area contributed by atoms with E-state index >= 15 is 0 Å². The Balaban J connectivity index is 2.47. The van der Waals surface area contributed by atoms with Crippen LogP contribution < -0.4 is 10.6 Å². The summed E-state index contributed by atoms with van der Waals surface area (Å²) in [5.41, 5.74) is 0.365. The normalized spacial score (nSPS) is 13.0. The first-order valence-corrected chi connectivity index (χ1v) is 9.04. The minimum absolute atomic E-state index is 0.0464. The van der Waals surface area contributed by atoms with Crippen LogP contribution >= 0.6 is 34.8 Å². The van der Waals surface area contributed by atoms with E-state index in [0.717, 1.165) is 4.90 Å². The lowest BCUT2D eigenvalue weighted by molar-refractivity contribution is -0.152. The number of rotatable bonds is 9. The number of aliphatic carboxylic acids is 2. The molecule has 1 atom stereocenters. The Morgan fingerprint density at radius 1 is 0.862 bits per heavy atom. The fourth-order valence-corrected chi connectivity index (χ4v) is 2.84. The first kappa shape index (κ1) is 22.9. The monoisotopic (exact) mass is 463 g/mol. The van der Waals surface area contributed by atoms with Crippen LogP contribution in [0.1, 0.15) is 0 Å². The molecular formula is C17H16Cl3N3O6. The Morgan fingerprint density at radius 3 is 1.79 bits per heavy atom. The lowest BCUT2D eigenvalue weighted by Gasteiger charge is -2.39. The number of anilines is 2. The smallest absolute Gasteiger partial charge is 0.317 e. The summed E-state index contributed by atoms with van der Waals surface area (Å²) in [4.78, 5) is 23.2. The molecule has 29 heavy (non-hydrogen) atoms. The molecule has 0 aromatic heterocycles. The number of nitrogens with one attached hydrogen (secondary N) is 2. The molecule has 0 saturated carbocycles. The van der Waals surface area contributed by atoms with Gasteiger partial charge in [0.25, 0.3) is 5.97 Å². The third-order valence-electron chi connectivity index (χ3n) is 3.61. The third kappa shape index (κ3) is 6.28. The second-order valence-corrected chi connectivity index (χ2v) is 7.08. The van der Waals surface area contributed by atoms with Gasteiger partial charge in [0.15, 0.2) is 0 Å². The summed E-state index contributed by atoms with van der Waals surface area (Å²) in [5, 5.41) is 44.6. The van der Waals surface area contributed by atoms with E-state index in [-0.39, 0.29) is 32.2 Å². The van der Waals surface area contributed by atoms with Gasteiger partial charge in [-0.3, -0.25) is 9.59 Å². The maximum absolute atomic E-state index is 11.2. The van der Waals surface area contributed by atoms with Gasteiger partial charge in [-0.05, 0) is 36.4 Å². The molecule has 0 aliphatic carbocycles. The van der Waals surface area contributed by atoms with Crippen LogP contribution in [0.25, 0.3) is 0 Å². The minimum atomic E-state index is -2.41. The van der Waals surface area contributed by atoms with Gasteiger partial charge in [-0.25, -0.2) is 4.90 Å². The van der Waals surface area contributed by atoms with Crippen LogP contribution in [0.5, 0.6) is 5.75 Å². The molecule has 2 rings (SSSR count). The van der Waals surface area contributed by atoms with E-state index in [1.165, 1.54) is 36.4 Å². The molecule has 0 bridgehead atoms. The van der Waals surface area contributed by atoms with Gasteiger partial charge in [0.1, 0.15) is 18.8 Å². The molecule has 0 fully saturated rings. The molecule has 156 valence electrons. The Hall–Kier alpha value is -2.43. The number of halogens is 3. The number of phenols is 1. The van der Waals surface area contributed by atoms with Crippen LogP contribution in [0.15, 0.2) is 36.4 Å².